The normalized spacial score (nSPS) is 33.9. The first-order valence-corrected chi connectivity index (χ1v) is 8.59. The summed E-state index contributed by atoms with van der Waals surface area (Å²) in [5.41, 5.74) is 0. The summed E-state index contributed by atoms with van der Waals surface area (Å²) in [5, 5.41) is 3.68. The van der Waals surface area contributed by atoms with Crippen molar-refractivity contribution >= 4 is 6.03 Å². The zero-order valence-electron chi connectivity index (χ0n) is 12.8. The number of carbonyl (C=O) groups is 1. The molecule has 0 saturated carbocycles. The van der Waals surface area contributed by atoms with E-state index in [2.05, 4.69) is 22.0 Å². The van der Waals surface area contributed by atoms with E-state index in [1.54, 1.807) is 0 Å². The highest BCUT2D eigenvalue weighted by molar-refractivity contribution is 5.74. The lowest BCUT2D eigenvalue weighted by Gasteiger charge is -2.39. The SMILES string of the molecule is CCN(C(=O)N1CCCCCC1)C1CC2CCC(C1)N2. The lowest BCUT2D eigenvalue weighted by molar-refractivity contribution is 0.118. The molecular formula is C16H29N3O. The number of hydrogen-bond donors (Lipinski definition) is 1. The van der Waals surface area contributed by atoms with Gasteiger partial charge in [-0.15, -0.1) is 0 Å². The van der Waals surface area contributed by atoms with Crippen LogP contribution in [0.5, 0.6) is 0 Å². The Labute approximate surface area is 122 Å². The zero-order valence-corrected chi connectivity index (χ0v) is 12.8. The van der Waals surface area contributed by atoms with Crippen LogP contribution in [0.25, 0.3) is 0 Å². The van der Waals surface area contributed by atoms with Crippen LogP contribution in [0.15, 0.2) is 0 Å². The molecule has 2 atom stereocenters. The highest BCUT2D eigenvalue weighted by Crippen LogP contribution is 2.30. The number of fused-ring (bicyclic) bond motifs is 2. The van der Waals surface area contributed by atoms with Crippen molar-refractivity contribution < 1.29 is 4.79 Å². The van der Waals surface area contributed by atoms with Gasteiger partial charge in [0.25, 0.3) is 0 Å². The minimum absolute atomic E-state index is 0.306. The third kappa shape index (κ3) is 2.95. The lowest BCUT2D eigenvalue weighted by Crippen LogP contribution is -2.53. The summed E-state index contributed by atoms with van der Waals surface area (Å²) in [6, 6.07) is 2.09. The minimum Gasteiger partial charge on any atom is -0.325 e. The number of carbonyl (C=O) groups excluding carboxylic acids is 1. The second-order valence-corrected chi connectivity index (χ2v) is 6.73. The van der Waals surface area contributed by atoms with E-state index in [1.165, 1.54) is 38.5 Å². The standard InChI is InChI=1S/C16H29N3O/c1-2-19(15-11-13-7-8-14(12-15)17-13)16(20)18-9-5-3-4-6-10-18/h13-15,17H,2-12H2,1H3. The van der Waals surface area contributed by atoms with Crippen LogP contribution in [0.4, 0.5) is 4.79 Å². The van der Waals surface area contributed by atoms with Gasteiger partial charge in [-0.1, -0.05) is 12.8 Å². The molecule has 3 fully saturated rings. The van der Waals surface area contributed by atoms with E-state index >= 15 is 0 Å². The van der Waals surface area contributed by atoms with E-state index in [9.17, 15) is 4.79 Å². The molecule has 4 nitrogen and oxygen atoms in total. The van der Waals surface area contributed by atoms with E-state index in [0.29, 0.717) is 24.2 Å². The average Bonchev–Trinajstić information content (AvgIpc) is 2.69. The van der Waals surface area contributed by atoms with Gasteiger partial charge in [0.15, 0.2) is 0 Å². The minimum atomic E-state index is 0.306. The molecule has 4 heteroatoms. The molecule has 20 heavy (non-hydrogen) atoms. The number of nitrogens with zero attached hydrogens (tertiary/aromatic N) is 2. The maximum atomic E-state index is 12.8. The molecule has 2 unspecified atom stereocenters. The van der Waals surface area contributed by atoms with Crippen LogP contribution in [0.2, 0.25) is 0 Å². The number of piperidine rings is 1. The molecule has 3 aliphatic rings. The van der Waals surface area contributed by atoms with Gasteiger partial charge >= 0.3 is 6.03 Å². The van der Waals surface area contributed by atoms with E-state index < -0.39 is 0 Å². The highest BCUT2D eigenvalue weighted by Gasteiger charge is 2.38. The molecule has 3 saturated heterocycles. The second kappa shape index (κ2) is 6.33. The van der Waals surface area contributed by atoms with Gasteiger partial charge in [-0.2, -0.15) is 0 Å². The van der Waals surface area contributed by atoms with Gasteiger partial charge in [-0.25, -0.2) is 4.79 Å². The fourth-order valence-electron chi connectivity index (χ4n) is 4.27. The molecule has 2 bridgehead atoms. The first-order chi connectivity index (χ1) is 9.78. The number of nitrogens with one attached hydrogen (secondary N) is 1. The summed E-state index contributed by atoms with van der Waals surface area (Å²) in [6.07, 6.45) is 9.85. The quantitative estimate of drug-likeness (QED) is 0.843. The molecule has 0 aromatic rings. The summed E-state index contributed by atoms with van der Waals surface area (Å²) in [4.78, 5) is 17.1. The summed E-state index contributed by atoms with van der Waals surface area (Å²) in [6.45, 7) is 4.93. The number of urea groups is 1. The van der Waals surface area contributed by atoms with Crippen LogP contribution in [0, 0.1) is 0 Å². The predicted molar refractivity (Wildman–Crippen MR) is 80.8 cm³/mol. The van der Waals surface area contributed by atoms with Crippen LogP contribution in [0.3, 0.4) is 0 Å². The molecule has 2 amide bonds. The van der Waals surface area contributed by atoms with Crippen molar-refractivity contribution in [1.29, 1.82) is 0 Å². The molecule has 0 aromatic carbocycles. The Kier molecular flexibility index (Phi) is 4.49. The van der Waals surface area contributed by atoms with Crippen LogP contribution in [-0.4, -0.2) is 53.6 Å². The third-order valence-corrected chi connectivity index (χ3v) is 5.35. The Morgan fingerprint density at radius 2 is 1.70 bits per heavy atom. The van der Waals surface area contributed by atoms with Crippen molar-refractivity contribution in [2.75, 3.05) is 19.6 Å². The Balaban J connectivity index is 1.64. The van der Waals surface area contributed by atoms with Gasteiger partial charge in [0, 0.05) is 37.8 Å². The molecule has 0 aromatic heterocycles. The first kappa shape index (κ1) is 14.2. The van der Waals surface area contributed by atoms with E-state index in [4.69, 9.17) is 0 Å². The fourth-order valence-corrected chi connectivity index (χ4v) is 4.27. The molecule has 0 aliphatic carbocycles. The zero-order chi connectivity index (χ0) is 13.9. The second-order valence-electron chi connectivity index (χ2n) is 6.73. The molecule has 0 spiro atoms. The number of amides is 2. The summed E-state index contributed by atoms with van der Waals surface area (Å²) >= 11 is 0. The Hall–Kier alpha value is -0.770. The Morgan fingerprint density at radius 3 is 2.25 bits per heavy atom. The van der Waals surface area contributed by atoms with E-state index in [-0.39, 0.29) is 0 Å². The maximum absolute atomic E-state index is 12.8. The summed E-state index contributed by atoms with van der Waals surface area (Å²) in [5.74, 6) is 0. The van der Waals surface area contributed by atoms with Crippen molar-refractivity contribution in [3.05, 3.63) is 0 Å². The molecule has 0 radical (unpaired) electrons. The van der Waals surface area contributed by atoms with Gasteiger partial charge < -0.3 is 15.1 Å². The van der Waals surface area contributed by atoms with Gasteiger partial charge in [0.1, 0.15) is 0 Å². The maximum Gasteiger partial charge on any atom is 0.320 e. The predicted octanol–water partition coefficient (Wildman–Crippen LogP) is 2.59. The van der Waals surface area contributed by atoms with Crippen LogP contribution in [-0.2, 0) is 0 Å². The van der Waals surface area contributed by atoms with Crippen molar-refractivity contribution in [2.24, 2.45) is 0 Å². The molecule has 114 valence electrons. The topological polar surface area (TPSA) is 35.6 Å². The average molecular weight is 279 g/mol. The van der Waals surface area contributed by atoms with Crippen LogP contribution in [0.1, 0.15) is 58.3 Å². The van der Waals surface area contributed by atoms with Crippen LogP contribution < -0.4 is 5.32 Å². The number of likely N-dealkylation sites (tertiary alicyclic amines) is 1. The molecule has 3 rings (SSSR count). The number of hydrogen-bond acceptors (Lipinski definition) is 2. The van der Waals surface area contributed by atoms with Gasteiger partial charge in [0.2, 0.25) is 0 Å². The monoisotopic (exact) mass is 279 g/mol. The van der Waals surface area contributed by atoms with Crippen molar-refractivity contribution in [3.63, 3.8) is 0 Å². The van der Waals surface area contributed by atoms with Crippen molar-refractivity contribution in [3.8, 4) is 0 Å². The van der Waals surface area contributed by atoms with Gasteiger partial charge in [-0.05, 0) is 45.4 Å². The summed E-state index contributed by atoms with van der Waals surface area (Å²) in [7, 11) is 0. The first-order valence-electron chi connectivity index (χ1n) is 8.59. The van der Waals surface area contributed by atoms with Gasteiger partial charge in [0.05, 0.1) is 0 Å². The molecular weight excluding hydrogens is 250 g/mol. The van der Waals surface area contributed by atoms with Crippen molar-refractivity contribution in [2.45, 2.75) is 76.4 Å². The largest absolute Gasteiger partial charge is 0.325 e. The fraction of sp³-hybridized carbons (Fsp3) is 0.938. The highest BCUT2D eigenvalue weighted by atomic mass is 16.2. The molecule has 3 aliphatic heterocycles. The summed E-state index contributed by atoms with van der Waals surface area (Å²) < 4.78 is 0. The smallest absolute Gasteiger partial charge is 0.320 e. The van der Waals surface area contributed by atoms with Gasteiger partial charge in [-0.3, -0.25) is 0 Å². The molecule has 3 heterocycles. The van der Waals surface area contributed by atoms with E-state index in [1.807, 2.05) is 0 Å². The lowest BCUT2D eigenvalue weighted by atomic mass is 9.98. The third-order valence-electron chi connectivity index (χ3n) is 5.35. The Bertz CT molecular complexity index is 327. The van der Waals surface area contributed by atoms with Crippen molar-refractivity contribution in [1.82, 2.24) is 15.1 Å². The van der Waals surface area contributed by atoms with E-state index in [0.717, 1.165) is 32.5 Å². The Morgan fingerprint density at radius 1 is 1.10 bits per heavy atom. The number of rotatable bonds is 2. The molecule has 1 N–H and O–H groups in total. The van der Waals surface area contributed by atoms with Crippen LogP contribution >= 0.6 is 0 Å².